The van der Waals surface area contributed by atoms with Crippen LogP contribution in [0, 0.1) is 11.3 Å². The molecular weight excluding hydrogens is 200 g/mol. The second-order valence-corrected chi connectivity index (χ2v) is 4.68. The van der Waals surface area contributed by atoms with Crippen molar-refractivity contribution >= 4 is 0 Å². The van der Waals surface area contributed by atoms with Gasteiger partial charge in [0.1, 0.15) is 6.07 Å². The van der Waals surface area contributed by atoms with Gasteiger partial charge in [0.05, 0.1) is 17.8 Å². The SMILES string of the molecule is CC(C)N1CCC(n2cc(C#N)cn2)CC1. The fourth-order valence-electron chi connectivity index (χ4n) is 2.26. The van der Waals surface area contributed by atoms with Gasteiger partial charge >= 0.3 is 0 Å². The Balaban J connectivity index is 1.96. The summed E-state index contributed by atoms with van der Waals surface area (Å²) >= 11 is 0. The molecule has 0 spiro atoms. The Hall–Kier alpha value is -1.34. The molecule has 0 saturated carbocycles. The second-order valence-electron chi connectivity index (χ2n) is 4.68. The first-order chi connectivity index (χ1) is 7.70. The van der Waals surface area contributed by atoms with Gasteiger partial charge in [-0.3, -0.25) is 4.68 Å². The Morgan fingerprint density at radius 2 is 2.12 bits per heavy atom. The van der Waals surface area contributed by atoms with Gasteiger partial charge in [-0.05, 0) is 26.7 Å². The third-order valence-corrected chi connectivity index (χ3v) is 3.33. The predicted octanol–water partition coefficient (Wildman–Crippen LogP) is 1.80. The first-order valence-electron chi connectivity index (χ1n) is 5.89. The predicted molar refractivity (Wildman–Crippen MR) is 61.9 cm³/mol. The Morgan fingerprint density at radius 3 is 2.62 bits per heavy atom. The summed E-state index contributed by atoms with van der Waals surface area (Å²) < 4.78 is 1.95. The zero-order valence-corrected chi connectivity index (χ0v) is 9.93. The molecule has 0 aromatic carbocycles. The Labute approximate surface area is 96.5 Å². The fraction of sp³-hybridized carbons (Fsp3) is 0.667. The second kappa shape index (κ2) is 4.67. The monoisotopic (exact) mass is 218 g/mol. The summed E-state index contributed by atoms with van der Waals surface area (Å²) in [5, 5.41) is 13.0. The molecule has 1 fully saturated rings. The lowest BCUT2D eigenvalue weighted by molar-refractivity contribution is 0.147. The molecule has 2 heterocycles. The molecule has 0 atom stereocenters. The van der Waals surface area contributed by atoms with Gasteiger partial charge in [0.25, 0.3) is 0 Å². The van der Waals surface area contributed by atoms with E-state index in [1.165, 1.54) is 0 Å². The van der Waals surface area contributed by atoms with Crippen LogP contribution in [0.3, 0.4) is 0 Å². The van der Waals surface area contributed by atoms with Crippen LogP contribution in [-0.2, 0) is 0 Å². The van der Waals surface area contributed by atoms with Gasteiger partial charge in [-0.15, -0.1) is 0 Å². The van der Waals surface area contributed by atoms with Crippen LogP contribution in [0.2, 0.25) is 0 Å². The van der Waals surface area contributed by atoms with Crippen molar-refractivity contribution in [2.75, 3.05) is 13.1 Å². The highest BCUT2D eigenvalue weighted by Gasteiger charge is 2.22. The first kappa shape index (κ1) is 11.2. The summed E-state index contributed by atoms with van der Waals surface area (Å²) in [5.74, 6) is 0. The fourth-order valence-corrected chi connectivity index (χ4v) is 2.26. The average molecular weight is 218 g/mol. The molecule has 4 heteroatoms. The summed E-state index contributed by atoms with van der Waals surface area (Å²) in [6.45, 7) is 6.73. The van der Waals surface area contributed by atoms with E-state index in [-0.39, 0.29) is 0 Å². The molecule has 16 heavy (non-hydrogen) atoms. The molecule has 0 radical (unpaired) electrons. The number of likely N-dealkylation sites (tertiary alicyclic amines) is 1. The van der Waals surface area contributed by atoms with Crippen molar-refractivity contribution < 1.29 is 0 Å². The van der Waals surface area contributed by atoms with E-state index in [1.807, 2.05) is 10.9 Å². The number of nitriles is 1. The molecule has 0 amide bonds. The number of hydrogen-bond acceptors (Lipinski definition) is 3. The Kier molecular flexibility index (Phi) is 3.25. The minimum Gasteiger partial charge on any atom is -0.301 e. The molecule has 1 aliphatic rings. The van der Waals surface area contributed by atoms with Crippen molar-refractivity contribution in [1.29, 1.82) is 5.26 Å². The van der Waals surface area contributed by atoms with E-state index in [0.717, 1.165) is 25.9 Å². The lowest BCUT2D eigenvalue weighted by Crippen LogP contribution is -2.39. The van der Waals surface area contributed by atoms with Crippen molar-refractivity contribution in [2.45, 2.75) is 38.8 Å². The molecule has 1 aromatic rings. The standard InChI is InChI=1S/C12H18N4/c1-10(2)15-5-3-12(4-6-15)16-9-11(7-13)8-14-16/h8-10,12H,3-6H2,1-2H3. The van der Waals surface area contributed by atoms with Gasteiger partial charge in [-0.1, -0.05) is 0 Å². The van der Waals surface area contributed by atoms with E-state index in [4.69, 9.17) is 5.26 Å². The highest BCUT2D eigenvalue weighted by atomic mass is 15.3. The van der Waals surface area contributed by atoms with E-state index >= 15 is 0 Å². The maximum absolute atomic E-state index is 8.75. The molecule has 1 saturated heterocycles. The maximum atomic E-state index is 8.75. The summed E-state index contributed by atoms with van der Waals surface area (Å²) in [6, 6.07) is 3.22. The number of nitrogens with zero attached hydrogens (tertiary/aromatic N) is 4. The van der Waals surface area contributed by atoms with Crippen molar-refractivity contribution in [2.24, 2.45) is 0 Å². The quantitative estimate of drug-likeness (QED) is 0.760. The molecule has 4 nitrogen and oxygen atoms in total. The van der Waals surface area contributed by atoms with Crippen LogP contribution in [0.15, 0.2) is 12.4 Å². The summed E-state index contributed by atoms with van der Waals surface area (Å²) in [5.41, 5.74) is 0.659. The van der Waals surface area contributed by atoms with E-state index < -0.39 is 0 Å². The van der Waals surface area contributed by atoms with E-state index in [9.17, 15) is 0 Å². The number of hydrogen-bond donors (Lipinski definition) is 0. The zero-order chi connectivity index (χ0) is 11.5. The first-order valence-corrected chi connectivity index (χ1v) is 5.89. The van der Waals surface area contributed by atoms with Gasteiger partial charge < -0.3 is 4.90 Å². The molecule has 2 rings (SSSR count). The van der Waals surface area contributed by atoms with E-state index in [2.05, 4.69) is 29.9 Å². The van der Waals surface area contributed by atoms with Crippen molar-refractivity contribution in [1.82, 2.24) is 14.7 Å². The Morgan fingerprint density at radius 1 is 1.44 bits per heavy atom. The lowest BCUT2D eigenvalue weighted by Gasteiger charge is -2.34. The van der Waals surface area contributed by atoms with Crippen LogP contribution in [0.1, 0.15) is 38.3 Å². The molecule has 0 bridgehead atoms. The van der Waals surface area contributed by atoms with Crippen LogP contribution in [0.5, 0.6) is 0 Å². The topological polar surface area (TPSA) is 44.9 Å². The zero-order valence-electron chi connectivity index (χ0n) is 9.93. The third kappa shape index (κ3) is 2.25. The minimum absolute atomic E-state index is 0.470. The molecule has 0 N–H and O–H groups in total. The molecule has 1 aliphatic heterocycles. The summed E-state index contributed by atoms with van der Waals surface area (Å²) in [7, 11) is 0. The highest BCUT2D eigenvalue weighted by molar-refractivity contribution is 5.21. The molecule has 1 aromatic heterocycles. The minimum atomic E-state index is 0.470. The van der Waals surface area contributed by atoms with Gasteiger partial charge in [-0.25, -0.2) is 0 Å². The number of aromatic nitrogens is 2. The van der Waals surface area contributed by atoms with Gasteiger partial charge in [0.2, 0.25) is 0 Å². The van der Waals surface area contributed by atoms with Gasteiger partial charge in [-0.2, -0.15) is 10.4 Å². The maximum Gasteiger partial charge on any atom is 0.102 e. The molecule has 0 aliphatic carbocycles. The van der Waals surface area contributed by atoms with Crippen molar-refractivity contribution in [3.63, 3.8) is 0 Å². The van der Waals surface area contributed by atoms with Crippen LogP contribution in [-0.4, -0.2) is 33.8 Å². The van der Waals surface area contributed by atoms with Crippen LogP contribution < -0.4 is 0 Å². The molecule has 86 valence electrons. The molecular formula is C12H18N4. The summed E-state index contributed by atoms with van der Waals surface area (Å²) in [4.78, 5) is 2.49. The van der Waals surface area contributed by atoms with Crippen molar-refractivity contribution in [3.8, 4) is 6.07 Å². The van der Waals surface area contributed by atoms with Crippen LogP contribution in [0.4, 0.5) is 0 Å². The lowest BCUT2D eigenvalue weighted by atomic mass is 10.0. The highest BCUT2D eigenvalue weighted by Crippen LogP contribution is 2.23. The van der Waals surface area contributed by atoms with Gasteiger partial charge in [0, 0.05) is 25.3 Å². The van der Waals surface area contributed by atoms with E-state index in [1.54, 1.807) is 6.20 Å². The van der Waals surface area contributed by atoms with Crippen LogP contribution >= 0.6 is 0 Å². The van der Waals surface area contributed by atoms with E-state index in [0.29, 0.717) is 17.6 Å². The smallest absolute Gasteiger partial charge is 0.102 e. The normalized spacial score (nSPS) is 18.9. The largest absolute Gasteiger partial charge is 0.301 e. The van der Waals surface area contributed by atoms with Crippen LogP contribution in [0.25, 0.3) is 0 Å². The van der Waals surface area contributed by atoms with Gasteiger partial charge in [0.15, 0.2) is 0 Å². The van der Waals surface area contributed by atoms with Crippen molar-refractivity contribution in [3.05, 3.63) is 18.0 Å². The Bertz CT molecular complexity index is 380. The number of rotatable bonds is 2. The molecule has 0 unspecified atom stereocenters. The average Bonchev–Trinajstić information content (AvgIpc) is 2.77. The summed E-state index contributed by atoms with van der Waals surface area (Å²) in [6.07, 6.45) is 5.76. The number of piperidine rings is 1. The third-order valence-electron chi connectivity index (χ3n) is 3.33.